The number of hydrogen-bond donors (Lipinski definition) is 1. The number of amides is 1. The molecule has 124 valence electrons. The van der Waals surface area contributed by atoms with Gasteiger partial charge in [-0.25, -0.2) is 4.98 Å². The van der Waals surface area contributed by atoms with Crippen LogP contribution in [0.15, 0.2) is 53.4 Å². The van der Waals surface area contributed by atoms with Gasteiger partial charge in [-0.15, -0.1) is 23.1 Å². The molecule has 0 bridgehead atoms. The van der Waals surface area contributed by atoms with Crippen LogP contribution in [0.2, 0.25) is 0 Å². The van der Waals surface area contributed by atoms with Crippen LogP contribution in [0.1, 0.15) is 11.4 Å². The van der Waals surface area contributed by atoms with Crippen molar-refractivity contribution >= 4 is 56.7 Å². The molecule has 3 rings (SSSR count). The largest absolute Gasteiger partial charge is 0.325 e. The van der Waals surface area contributed by atoms with E-state index in [9.17, 15) is 4.79 Å². The molecule has 0 radical (unpaired) electrons. The Hall–Kier alpha value is -1.50. The van der Waals surface area contributed by atoms with E-state index in [1.807, 2.05) is 48.7 Å². The van der Waals surface area contributed by atoms with Crippen molar-refractivity contribution in [2.24, 2.45) is 0 Å². The number of carbonyl (C=O) groups is 1. The van der Waals surface area contributed by atoms with E-state index >= 15 is 0 Å². The van der Waals surface area contributed by atoms with Gasteiger partial charge in [0.25, 0.3) is 0 Å². The van der Waals surface area contributed by atoms with E-state index in [1.54, 1.807) is 34.9 Å². The Morgan fingerprint density at radius 1 is 1.17 bits per heavy atom. The van der Waals surface area contributed by atoms with Crippen molar-refractivity contribution in [1.29, 1.82) is 0 Å². The summed E-state index contributed by atoms with van der Waals surface area (Å²) in [5, 5.41) is 4.12. The molecule has 3 aromatic rings. The summed E-state index contributed by atoms with van der Waals surface area (Å²) in [6.07, 6.45) is 2.52. The first-order valence-electron chi connectivity index (χ1n) is 7.61. The molecule has 0 saturated carbocycles. The number of benzene rings is 2. The molecule has 0 aliphatic rings. The van der Waals surface area contributed by atoms with Gasteiger partial charge in [-0.05, 0) is 30.5 Å². The van der Waals surface area contributed by atoms with Crippen molar-refractivity contribution in [2.75, 3.05) is 17.3 Å². The van der Waals surface area contributed by atoms with Crippen molar-refractivity contribution in [2.45, 2.75) is 17.1 Å². The second-order valence-electron chi connectivity index (χ2n) is 5.13. The standard InChI is InChI=1S/C18H18N2OS3/c1-22-15-8-4-2-6-13(15)19-17(21)10-11-23-12-18-20-14-7-3-5-9-16(14)24-18/h2-9H,10-12H2,1H3,(H,19,21). The summed E-state index contributed by atoms with van der Waals surface area (Å²) < 4.78 is 1.22. The molecule has 6 heteroatoms. The quantitative estimate of drug-likeness (QED) is 0.451. The van der Waals surface area contributed by atoms with Crippen LogP contribution >= 0.6 is 34.9 Å². The number of nitrogens with one attached hydrogen (secondary N) is 1. The summed E-state index contributed by atoms with van der Waals surface area (Å²) in [4.78, 5) is 17.8. The number of nitrogens with zero attached hydrogens (tertiary/aromatic N) is 1. The summed E-state index contributed by atoms with van der Waals surface area (Å²) in [5.41, 5.74) is 1.95. The van der Waals surface area contributed by atoms with Gasteiger partial charge in [0.15, 0.2) is 0 Å². The average Bonchev–Trinajstić information content (AvgIpc) is 3.02. The van der Waals surface area contributed by atoms with Crippen LogP contribution in [0.25, 0.3) is 10.2 Å². The predicted octanol–water partition coefficient (Wildman–Crippen LogP) is 5.28. The second-order valence-corrected chi connectivity index (χ2v) is 8.19. The number of para-hydroxylation sites is 2. The fraction of sp³-hybridized carbons (Fsp3) is 0.222. The van der Waals surface area contributed by atoms with Crippen LogP contribution in [0.3, 0.4) is 0 Å². The van der Waals surface area contributed by atoms with E-state index in [0.29, 0.717) is 6.42 Å². The van der Waals surface area contributed by atoms with E-state index in [4.69, 9.17) is 0 Å². The van der Waals surface area contributed by atoms with E-state index in [0.717, 1.165) is 32.6 Å². The van der Waals surface area contributed by atoms with Crippen LogP contribution in [-0.4, -0.2) is 22.9 Å². The minimum atomic E-state index is 0.0632. The Balaban J connectivity index is 1.45. The Labute approximate surface area is 154 Å². The first kappa shape index (κ1) is 17.3. The maximum Gasteiger partial charge on any atom is 0.225 e. The van der Waals surface area contributed by atoms with Crippen LogP contribution < -0.4 is 5.32 Å². The topological polar surface area (TPSA) is 42.0 Å². The van der Waals surface area contributed by atoms with Crippen molar-refractivity contribution < 1.29 is 4.79 Å². The van der Waals surface area contributed by atoms with Crippen LogP contribution in [0.4, 0.5) is 5.69 Å². The molecule has 0 atom stereocenters. The zero-order chi connectivity index (χ0) is 16.8. The predicted molar refractivity (Wildman–Crippen MR) is 107 cm³/mol. The highest BCUT2D eigenvalue weighted by Crippen LogP contribution is 2.26. The highest BCUT2D eigenvalue weighted by atomic mass is 32.2. The fourth-order valence-corrected chi connectivity index (χ4v) is 4.78. The lowest BCUT2D eigenvalue weighted by Gasteiger charge is -2.08. The number of aromatic nitrogens is 1. The van der Waals surface area contributed by atoms with Crippen molar-refractivity contribution in [3.05, 3.63) is 53.5 Å². The molecule has 1 N–H and O–H groups in total. The molecule has 0 saturated heterocycles. The van der Waals surface area contributed by atoms with Crippen LogP contribution in [0, 0.1) is 0 Å². The highest BCUT2D eigenvalue weighted by Gasteiger charge is 2.07. The van der Waals surface area contributed by atoms with E-state index < -0.39 is 0 Å². The fourth-order valence-electron chi connectivity index (χ4n) is 2.27. The number of carbonyl (C=O) groups excluding carboxylic acids is 1. The summed E-state index contributed by atoms with van der Waals surface area (Å²) >= 11 is 5.12. The lowest BCUT2D eigenvalue weighted by Crippen LogP contribution is -2.12. The smallest absolute Gasteiger partial charge is 0.225 e. The molecule has 0 fully saturated rings. The van der Waals surface area contributed by atoms with Gasteiger partial charge in [-0.3, -0.25) is 4.79 Å². The van der Waals surface area contributed by atoms with Gasteiger partial charge < -0.3 is 5.32 Å². The highest BCUT2D eigenvalue weighted by molar-refractivity contribution is 7.99. The molecule has 0 aliphatic heterocycles. The lowest BCUT2D eigenvalue weighted by molar-refractivity contribution is -0.115. The van der Waals surface area contributed by atoms with Gasteiger partial charge in [0.2, 0.25) is 5.91 Å². The number of anilines is 1. The van der Waals surface area contributed by atoms with Crippen molar-refractivity contribution in [1.82, 2.24) is 4.98 Å². The molecule has 0 spiro atoms. The molecule has 0 aliphatic carbocycles. The van der Waals surface area contributed by atoms with Crippen LogP contribution in [-0.2, 0) is 10.5 Å². The zero-order valence-electron chi connectivity index (χ0n) is 13.3. The average molecular weight is 375 g/mol. The Morgan fingerprint density at radius 2 is 1.96 bits per heavy atom. The van der Waals surface area contributed by atoms with Gasteiger partial charge in [0.05, 0.1) is 15.9 Å². The molecule has 1 heterocycles. The summed E-state index contributed by atoms with van der Waals surface area (Å²) in [5.74, 6) is 1.71. The Bertz CT molecular complexity index is 799. The van der Waals surface area contributed by atoms with Gasteiger partial charge in [0.1, 0.15) is 5.01 Å². The molecule has 1 amide bonds. The first-order chi connectivity index (χ1) is 11.8. The molecule has 1 aromatic heterocycles. The maximum atomic E-state index is 12.1. The number of fused-ring (bicyclic) bond motifs is 1. The van der Waals surface area contributed by atoms with E-state index in [2.05, 4.69) is 16.4 Å². The number of rotatable bonds is 7. The molecular weight excluding hydrogens is 356 g/mol. The van der Waals surface area contributed by atoms with E-state index in [1.165, 1.54) is 4.70 Å². The summed E-state index contributed by atoms with van der Waals surface area (Å²) in [7, 11) is 0. The molecule has 2 aromatic carbocycles. The third-order valence-corrected chi connectivity index (χ3v) is 6.40. The Kier molecular flexibility index (Phi) is 6.18. The van der Waals surface area contributed by atoms with E-state index in [-0.39, 0.29) is 5.91 Å². The number of thioether (sulfide) groups is 2. The molecule has 0 unspecified atom stereocenters. The molecule has 3 nitrogen and oxygen atoms in total. The van der Waals surface area contributed by atoms with Gasteiger partial charge in [-0.1, -0.05) is 24.3 Å². The molecular formula is C18H18N2OS3. The maximum absolute atomic E-state index is 12.1. The van der Waals surface area contributed by atoms with Crippen molar-refractivity contribution in [3.63, 3.8) is 0 Å². The lowest BCUT2D eigenvalue weighted by atomic mass is 10.3. The van der Waals surface area contributed by atoms with Gasteiger partial charge in [0, 0.05) is 22.8 Å². The SMILES string of the molecule is CSc1ccccc1NC(=O)CCSCc1nc2ccccc2s1. The van der Waals surface area contributed by atoms with Gasteiger partial charge >= 0.3 is 0 Å². The minimum absolute atomic E-state index is 0.0632. The number of hydrogen-bond acceptors (Lipinski definition) is 5. The summed E-state index contributed by atoms with van der Waals surface area (Å²) in [6.45, 7) is 0. The third kappa shape index (κ3) is 4.53. The first-order valence-corrected chi connectivity index (χ1v) is 10.8. The second kappa shape index (κ2) is 8.55. The normalized spacial score (nSPS) is 10.9. The Morgan fingerprint density at radius 3 is 2.79 bits per heavy atom. The van der Waals surface area contributed by atoms with Crippen LogP contribution in [0.5, 0.6) is 0 Å². The molecule has 24 heavy (non-hydrogen) atoms. The third-order valence-electron chi connectivity index (χ3n) is 3.42. The minimum Gasteiger partial charge on any atom is -0.325 e. The van der Waals surface area contributed by atoms with Gasteiger partial charge in [-0.2, -0.15) is 11.8 Å². The summed E-state index contributed by atoms with van der Waals surface area (Å²) in [6, 6.07) is 16.1. The zero-order valence-corrected chi connectivity index (χ0v) is 15.8. The van der Waals surface area contributed by atoms with Crippen molar-refractivity contribution in [3.8, 4) is 0 Å². The number of thiazole rings is 1. The monoisotopic (exact) mass is 374 g/mol.